The van der Waals surface area contributed by atoms with Gasteiger partial charge in [-0.05, 0) is 30.5 Å². The molecule has 0 heterocycles. The topological polar surface area (TPSA) is 55.8 Å². The van der Waals surface area contributed by atoms with Gasteiger partial charge in [0.25, 0.3) is 5.91 Å². The number of hydrogen-bond donors (Lipinski definition) is 0. The van der Waals surface area contributed by atoms with E-state index in [0.29, 0.717) is 37.3 Å². The van der Waals surface area contributed by atoms with Crippen molar-refractivity contribution in [1.82, 2.24) is 4.90 Å². The first kappa shape index (κ1) is 18.0. The lowest BCUT2D eigenvalue weighted by molar-refractivity contribution is -0.138. The maximum absolute atomic E-state index is 11.7. The van der Waals surface area contributed by atoms with Crippen molar-refractivity contribution in [3.05, 3.63) is 23.8 Å². The predicted molar refractivity (Wildman–Crippen MR) is 85.4 cm³/mol. The van der Waals surface area contributed by atoms with Gasteiger partial charge in [-0.25, -0.2) is 0 Å². The molecule has 5 heteroatoms. The zero-order valence-corrected chi connectivity index (χ0v) is 13.6. The van der Waals surface area contributed by atoms with Crippen LogP contribution >= 0.6 is 0 Å². The summed E-state index contributed by atoms with van der Waals surface area (Å²) in [4.78, 5) is 24.0. The minimum atomic E-state index is -0.448. The Bertz CT molecular complexity index is 488. The van der Waals surface area contributed by atoms with Gasteiger partial charge in [-0.15, -0.1) is 0 Å². The Morgan fingerprint density at radius 2 is 1.86 bits per heavy atom. The van der Waals surface area contributed by atoms with Gasteiger partial charge in [-0.3, -0.25) is 9.59 Å². The minimum absolute atomic E-state index is 0.389. The molecule has 0 fully saturated rings. The number of aldehydes is 1. The van der Waals surface area contributed by atoms with Crippen molar-refractivity contribution in [3.63, 3.8) is 0 Å². The van der Waals surface area contributed by atoms with E-state index >= 15 is 0 Å². The smallest absolute Gasteiger partial charge is 0.286 e. The summed E-state index contributed by atoms with van der Waals surface area (Å²) in [6.45, 7) is 3.25. The second kappa shape index (κ2) is 9.82. The molecule has 5 nitrogen and oxygen atoms in total. The maximum Gasteiger partial charge on any atom is 0.286 e. The monoisotopic (exact) mass is 307 g/mol. The summed E-state index contributed by atoms with van der Waals surface area (Å²) < 4.78 is 10.5. The number of rotatable bonds is 10. The third-order valence-electron chi connectivity index (χ3n) is 3.56. The predicted octanol–water partition coefficient (Wildman–Crippen LogP) is 2.46. The molecule has 0 spiro atoms. The number of carbonyl (C=O) groups is 2. The summed E-state index contributed by atoms with van der Waals surface area (Å²) in [7, 11) is 3.18. The molecule has 0 aliphatic rings. The maximum atomic E-state index is 11.7. The van der Waals surface area contributed by atoms with Crippen LogP contribution in [0.4, 0.5) is 0 Å². The number of hydrogen-bond acceptors (Lipinski definition) is 4. The zero-order chi connectivity index (χ0) is 16.4. The number of amides is 1. The summed E-state index contributed by atoms with van der Waals surface area (Å²) in [5.41, 5.74) is 1.04. The fourth-order valence-corrected chi connectivity index (χ4v) is 2.26. The second-order valence-corrected chi connectivity index (χ2v) is 5.09. The molecular weight excluding hydrogens is 282 g/mol. The van der Waals surface area contributed by atoms with Crippen LogP contribution in [0.3, 0.4) is 0 Å². The zero-order valence-electron chi connectivity index (χ0n) is 13.6. The third-order valence-corrected chi connectivity index (χ3v) is 3.56. The first-order valence-corrected chi connectivity index (χ1v) is 7.61. The van der Waals surface area contributed by atoms with Gasteiger partial charge in [0.05, 0.1) is 14.2 Å². The standard InChI is InChI=1S/C17H25NO4/c1-4-5-6-10-18(17(20)13-19)11-9-14-7-8-15(21-2)16(12-14)22-3/h7-8,12-13H,4-6,9-11H2,1-3H3. The number of methoxy groups -OCH3 is 2. The Hall–Kier alpha value is -2.04. The van der Waals surface area contributed by atoms with Crippen molar-refractivity contribution in [1.29, 1.82) is 0 Å². The summed E-state index contributed by atoms with van der Waals surface area (Å²) >= 11 is 0. The van der Waals surface area contributed by atoms with Crippen molar-refractivity contribution in [2.45, 2.75) is 32.6 Å². The highest BCUT2D eigenvalue weighted by molar-refractivity contribution is 6.23. The van der Waals surface area contributed by atoms with Gasteiger partial charge in [0.2, 0.25) is 6.29 Å². The molecule has 0 radical (unpaired) electrons. The number of nitrogens with zero attached hydrogens (tertiary/aromatic N) is 1. The first-order valence-electron chi connectivity index (χ1n) is 7.61. The highest BCUT2D eigenvalue weighted by Gasteiger charge is 2.12. The molecule has 0 aliphatic heterocycles. The summed E-state index contributed by atoms with van der Waals surface area (Å²) in [6.07, 6.45) is 4.12. The lowest BCUT2D eigenvalue weighted by Gasteiger charge is -2.20. The van der Waals surface area contributed by atoms with Gasteiger partial charge in [0, 0.05) is 13.1 Å². The van der Waals surface area contributed by atoms with E-state index in [-0.39, 0.29) is 0 Å². The van der Waals surface area contributed by atoms with Crippen molar-refractivity contribution in [3.8, 4) is 11.5 Å². The average Bonchev–Trinajstić information content (AvgIpc) is 2.56. The molecule has 22 heavy (non-hydrogen) atoms. The normalized spacial score (nSPS) is 10.1. The molecule has 0 N–H and O–H groups in total. The van der Waals surface area contributed by atoms with E-state index in [1.165, 1.54) is 0 Å². The second-order valence-electron chi connectivity index (χ2n) is 5.09. The van der Waals surface area contributed by atoms with E-state index in [2.05, 4.69) is 6.92 Å². The summed E-state index contributed by atoms with van der Waals surface area (Å²) in [5.74, 6) is 0.894. The van der Waals surface area contributed by atoms with Crippen LogP contribution in [0.5, 0.6) is 11.5 Å². The quantitative estimate of drug-likeness (QED) is 0.378. The fourth-order valence-electron chi connectivity index (χ4n) is 2.26. The molecule has 122 valence electrons. The molecule has 0 bridgehead atoms. The number of ether oxygens (including phenoxy) is 2. The van der Waals surface area contributed by atoms with Gasteiger partial charge >= 0.3 is 0 Å². The molecular formula is C17H25NO4. The Labute approximate surface area is 132 Å². The molecule has 0 aromatic heterocycles. The van der Waals surface area contributed by atoms with Gasteiger partial charge in [-0.2, -0.15) is 0 Å². The SMILES string of the molecule is CCCCCN(CCc1ccc(OC)c(OC)c1)C(=O)C=O. The molecule has 0 saturated heterocycles. The molecule has 0 atom stereocenters. The van der Waals surface area contributed by atoms with Crippen LogP contribution < -0.4 is 9.47 Å². The number of benzene rings is 1. The van der Waals surface area contributed by atoms with E-state index in [1.807, 2.05) is 18.2 Å². The van der Waals surface area contributed by atoms with Gasteiger partial charge in [0.15, 0.2) is 11.5 Å². The van der Waals surface area contributed by atoms with Crippen LogP contribution in [0.25, 0.3) is 0 Å². The molecule has 1 amide bonds. The van der Waals surface area contributed by atoms with Crippen molar-refractivity contribution in [2.24, 2.45) is 0 Å². The first-order chi connectivity index (χ1) is 10.7. The molecule has 0 aliphatic carbocycles. The molecule has 0 unspecified atom stereocenters. The van der Waals surface area contributed by atoms with Gasteiger partial charge < -0.3 is 14.4 Å². The van der Waals surface area contributed by atoms with E-state index in [4.69, 9.17) is 9.47 Å². The summed E-state index contributed by atoms with van der Waals surface area (Å²) in [6, 6.07) is 5.68. The van der Waals surface area contributed by atoms with Gasteiger partial charge in [-0.1, -0.05) is 25.8 Å². The highest BCUT2D eigenvalue weighted by Crippen LogP contribution is 2.27. The molecule has 0 saturated carbocycles. The molecule has 1 aromatic carbocycles. The minimum Gasteiger partial charge on any atom is -0.493 e. The Morgan fingerprint density at radius 1 is 1.14 bits per heavy atom. The molecule has 1 aromatic rings. The van der Waals surface area contributed by atoms with Crippen LogP contribution in [-0.2, 0) is 16.0 Å². The van der Waals surface area contributed by atoms with Crippen molar-refractivity contribution < 1.29 is 19.1 Å². The van der Waals surface area contributed by atoms with Crippen LogP contribution in [0.2, 0.25) is 0 Å². The van der Waals surface area contributed by atoms with E-state index in [1.54, 1.807) is 19.1 Å². The van der Waals surface area contributed by atoms with E-state index < -0.39 is 5.91 Å². The third kappa shape index (κ3) is 5.39. The Balaban J connectivity index is 2.67. The Morgan fingerprint density at radius 3 is 2.45 bits per heavy atom. The van der Waals surface area contributed by atoms with Crippen molar-refractivity contribution >= 4 is 12.2 Å². The molecule has 1 rings (SSSR count). The van der Waals surface area contributed by atoms with Crippen LogP contribution in [0.1, 0.15) is 31.7 Å². The van der Waals surface area contributed by atoms with E-state index in [0.717, 1.165) is 24.8 Å². The number of unbranched alkanes of at least 4 members (excludes halogenated alkanes) is 2. The average molecular weight is 307 g/mol. The lowest BCUT2D eigenvalue weighted by atomic mass is 10.1. The largest absolute Gasteiger partial charge is 0.493 e. The van der Waals surface area contributed by atoms with Crippen LogP contribution in [0.15, 0.2) is 18.2 Å². The van der Waals surface area contributed by atoms with Crippen LogP contribution in [0, 0.1) is 0 Å². The van der Waals surface area contributed by atoms with Crippen LogP contribution in [-0.4, -0.2) is 44.4 Å². The Kier molecular flexibility index (Phi) is 8.04. The highest BCUT2D eigenvalue weighted by atomic mass is 16.5. The van der Waals surface area contributed by atoms with Crippen molar-refractivity contribution in [2.75, 3.05) is 27.3 Å². The van der Waals surface area contributed by atoms with Gasteiger partial charge in [0.1, 0.15) is 0 Å². The van der Waals surface area contributed by atoms with E-state index in [9.17, 15) is 9.59 Å². The lowest BCUT2D eigenvalue weighted by Crippen LogP contribution is -2.34. The fraction of sp³-hybridized carbons (Fsp3) is 0.529. The summed E-state index contributed by atoms with van der Waals surface area (Å²) in [5, 5.41) is 0. The number of carbonyl (C=O) groups excluding carboxylic acids is 2.